The normalized spacial score (nSPS) is 10.8. The van der Waals surface area contributed by atoms with Crippen molar-refractivity contribution >= 4 is 40.0 Å². The molecule has 8 heteroatoms. The number of rotatable bonds is 6. The number of aromatic nitrogens is 3. The summed E-state index contributed by atoms with van der Waals surface area (Å²) in [7, 11) is 0. The fourth-order valence-corrected chi connectivity index (χ4v) is 2.96. The zero-order valence-corrected chi connectivity index (χ0v) is 15.3. The Morgan fingerprint density at radius 2 is 1.92 bits per heavy atom. The summed E-state index contributed by atoms with van der Waals surface area (Å²) < 4.78 is 1.20. The van der Waals surface area contributed by atoms with Crippen molar-refractivity contribution in [3.8, 4) is 0 Å². The molecule has 6 nitrogen and oxygen atoms in total. The molecule has 0 aliphatic carbocycles. The third-order valence-corrected chi connectivity index (χ3v) is 4.79. The smallest absolute Gasteiger partial charge is 0.277 e. The van der Waals surface area contributed by atoms with Crippen LogP contribution in [0.5, 0.6) is 0 Å². The number of benzene rings is 2. The van der Waals surface area contributed by atoms with E-state index in [-0.39, 0.29) is 24.4 Å². The van der Waals surface area contributed by atoms with Gasteiger partial charge in [-0.05, 0) is 30.2 Å². The van der Waals surface area contributed by atoms with E-state index in [0.717, 1.165) is 5.56 Å². The first kappa shape index (κ1) is 18.4. The molecule has 26 heavy (non-hydrogen) atoms. The SMILES string of the molecule is O=C(CCn1nnc2ccccc2c1=O)NCCc1cccc(Cl)c1Cl. The van der Waals surface area contributed by atoms with Crippen molar-refractivity contribution in [1.82, 2.24) is 20.3 Å². The zero-order chi connectivity index (χ0) is 18.5. The molecular formula is C18H16Cl2N4O2. The molecule has 0 aliphatic rings. The van der Waals surface area contributed by atoms with Crippen LogP contribution in [0.25, 0.3) is 10.9 Å². The van der Waals surface area contributed by atoms with Gasteiger partial charge in [-0.25, -0.2) is 4.68 Å². The lowest BCUT2D eigenvalue weighted by Crippen LogP contribution is -2.30. The topological polar surface area (TPSA) is 76.9 Å². The molecule has 0 bridgehead atoms. The first-order valence-electron chi connectivity index (χ1n) is 8.08. The van der Waals surface area contributed by atoms with Gasteiger partial charge in [-0.1, -0.05) is 52.7 Å². The van der Waals surface area contributed by atoms with Crippen LogP contribution < -0.4 is 10.9 Å². The highest BCUT2D eigenvalue weighted by Gasteiger charge is 2.08. The Morgan fingerprint density at radius 3 is 2.77 bits per heavy atom. The van der Waals surface area contributed by atoms with Gasteiger partial charge in [0, 0.05) is 13.0 Å². The fraction of sp³-hybridized carbons (Fsp3) is 0.222. The molecule has 3 aromatic rings. The molecule has 3 rings (SSSR count). The lowest BCUT2D eigenvalue weighted by atomic mass is 10.1. The van der Waals surface area contributed by atoms with Crippen molar-refractivity contribution in [3.05, 3.63) is 68.4 Å². The summed E-state index contributed by atoms with van der Waals surface area (Å²) in [6.45, 7) is 0.595. The first-order chi connectivity index (χ1) is 12.6. The quantitative estimate of drug-likeness (QED) is 0.701. The van der Waals surface area contributed by atoms with Crippen molar-refractivity contribution in [2.75, 3.05) is 6.54 Å². The molecule has 0 atom stereocenters. The standard InChI is InChI=1S/C18H16Cl2N4O2/c19-14-6-3-4-12(17(14)20)8-10-21-16(25)9-11-24-18(26)13-5-1-2-7-15(13)22-23-24/h1-7H,8-11H2,(H,21,25). The van der Waals surface area contributed by atoms with Crippen LogP contribution in [0.2, 0.25) is 10.0 Å². The van der Waals surface area contributed by atoms with Crippen molar-refractivity contribution in [3.63, 3.8) is 0 Å². The number of carbonyl (C=O) groups excluding carboxylic acids is 1. The summed E-state index contributed by atoms with van der Waals surface area (Å²) in [5.41, 5.74) is 1.15. The van der Waals surface area contributed by atoms with Crippen LogP contribution in [0.1, 0.15) is 12.0 Å². The number of aryl methyl sites for hydroxylation is 1. The average molecular weight is 391 g/mol. The van der Waals surface area contributed by atoms with Gasteiger partial charge in [0.05, 0.1) is 22.0 Å². The summed E-state index contributed by atoms with van der Waals surface area (Å²) in [5, 5.41) is 12.1. The zero-order valence-electron chi connectivity index (χ0n) is 13.8. The van der Waals surface area contributed by atoms with Gasteiger partial charge in [0.2, 0.25) is 5.91 Å². The molecule has 0 aliphatic heterocycles. The Balaban J connectivity index is 1.54. The molecule has 0 radical (unpaired) electrons. The Hall–Kier alpha value is -2.44. The molecule has 0 saturated carbocycles. The largest absolute Gasteiger partial charge is 0.356 e. The van der Waals surface area contributed by atoms with Crippen LogP contribution in [0, 0.1) is 0 Å². The number of amides is 1. The molecule has 134 valence electrons. The molecule has 0 unspecified atom stereocenters. The van der Waals surface area contributed by atoms with Crippen LogP contribution >= 0.6 is 23.2 Å². The van der Waals surface area contributed by atoms with Gasteiger partial charge >= 0.3 is 0 Å². The van der Waals surface area contributed by atoms with Crippen LogP contribution in [-0.4, -0.2) is 27.4 Å². The van der Waals surface area contributed by atoms with Crippen LogP contribution in [0.15, 0.2) is 47.3 Å². The minimum absolute atomic E-state index is 0.135. The van der Waals surface area contributed by atoms with Gasteiger partial charge in [-0.2, -0.15) is 0 Å². The van der Waals surface area contributed by atoms with Gasteiger partial charge in [0.15, 0.2) is 0 Å². The molecule has 1 aromatic heterocycles. The third kappa shape index (κ3) is 4.20. The van der Waals surface area contributed by atoms with E-state index in [1.54, 1.807) is 30.3 Å². The molecule has 0 saturated heterocycles. The molecular weight excluding hydrogens is 375 g/mol. The van der Waals surface area contributed by atoms with Gasteiger partial charge in [-0.3, -0.25) is 9.59 Å². The monoisotopic (exact) mass is 390 g/mol. The van der Waals surface area contributed by atoms with Crippen molar-refractivity contribution < 1.29 is 4.79 Å². The second-order valence-electron chi connectivity index (χ2n) is 5.70. The summed E-state index contributed by atoms with van der Waals surface area (Å²) in [4.78, 5) is 24.3. The number of hydrogen-bond acceptors (Lipinski definition) is 4. The highest BCUT2D eigenvalue weighted by Crippen LogP contribution is 2.25. The molecule has 2 aromatic carbocycles. The second-order valence-corrected chi connectivity index (χ2v) is 6.48. The Kier molecular flexibility index (Phi) is 5.85. The molecule has 1 heterocycles. The maximum Gasteiger partial charge on any atom is 0.277 e. The predicted octanol–water partition coefficient (Wildman–Crippen LogP) is 2.85. The van der Waals surface area contributed by atoms with Gasteiger partial charge in [0.25, 0.3) is 5.56 Å². The highest BCUT2D eigenvalue weighted by atomic mass is 35.5. The lowest BCUT2D eigenvalue weighted by molar-refractivity contribution is -0.121. The summed E-state index contributed by atoms with van der Waals surface area (Å²) >= 11 is 12.1. The number of fused-ring (bicyclic) bond motifs is 1. The maximum absolute atomic E-state index is 12.3. The van der Waals surface area contributed by atoms with E-state index in [1.807, 2.05) is 12.1 Å². The van der Waals surface area contributed by atoms with E-state index < -0.39 is 0 Å². The van der Waals surface area contributed by atoms with Gasteiger partial charge in [0.1, 0.15) is 5.52 Å². The predicted molar refractivity (Wildman–Crippen MR) is 102 cm³/mol. The number of nitrogens with one attached hydrogen (secondary N) is 1. The van der Waals surface area contributed by atoms with E-state index in [0.29, 0.717) is 33.9 Å². The molecule has 1 amide bonds. The maximum atomic E-state index is 12.3. The van der Waals surface area contributed by atoms with E-state index in [4.69, 9.17) is 23.2 Å². The summed E-state index contributed by atoms with van der Waals surface area (Å²) in [6.07, 6.45) is 0.705. The molecule has 0 spiro atoms. The number of halogens is 2. The van der Waals surface area contributed by atoms with E-state index >= 15 is 0 Å². The highest BCUT2D eigenvalue weighted by molar-refractivity contribution is 6.42. The Bertz CT molecular complexity index is 1000. The minimum Gasteiger partial charge on any atom is -0.356 e. The van der Waals surface area contributed by atoms with Gasteiger partial charge < -0.3 is 5.32 Å². The minimum atomic E-state index is -0.255. The number of hydrogen-bond donors (Lipinski definition) is 1. The second kappa shape index (κ2) is 8.29. The Morgan fingerprint density at radius 1 is 1.12 bits per heavy atom. The fourth-order valence-electron chi connectivity index (χ4n) is 2.54. The summed E-state index contributed by atoms with van der Waals surface area (Å²) in [6, 6.07) is 12.4. The lowest BCUT2D eigenvalue weighted by Gasteiger charge is -2.08. The van der Waals surface area contributed by atoms with Crippen LogP contribution in [0.3, 0.4) is 0 Å². The van der Waals surface area contributed by atoms with E-state index in [9.17, 15) is 9.59 Å². The number of carbonyl (C=O) groups is 1. The van der Waals surface area contributed by atoms with E-state index in [1.165, 1.54) is 4.68 Å². The van der Waals surface area contributed by atoms with Crippen LogP contribution in [0.4, 0.5) is 0 Å². The van der Waals surface area contributed by atoms with Crippen molar-refractivity contribution in [2.45, 2.75) is 19.4 Å². The molecule has 1 N–H and O–H groups in total. The summed E-state index contributed by atoms with van der Waals surface area (Å²) in [5.74, 6) is -0.176. The average Bonchev–Trinajstić information content (AvgIpc) is 2.65. The Labute approximate surface area is 159 Å². The third-order valence-electron chi connectivity index (χ3n) is 3.93. The number of nitrogens with zero attached hydrogens (tertiary/aromatic N) is 3. The van der Waals surface area contributed by atoms with E-state index in [2.05, 4.69) is 15.6 Å². The first-order valence-corrected chi connectivity index (χ1v) is 8.84. The molecule has 0 fully saturated rings. The van der Waals surface area contributed by atoms with Gasteiger partial charge in [-0.15, -0.1) is 5.10 Å². The van der Waals surface area contributed by atoms with Crippen molar-refractivity contribution in [1.29, 1.82) is 0 Å². The van der Waals surface area contributed by atoms with Crippen molar-refractivity contribution in [2.24, 2.45) is 0 Å². The van der Waals surface area contributed by atoms with Crippen LogP contribution in [-0.2, 0) is 17.8 Å².